The number of hydrogen-bond donors (Lipinski definition) is 0. The van der Waals surface area contributed by atoms with Crippen LogP contribution in [0.3, 0.4) is 0 Å². The van der Waals surface area contributed by atoms with E-state index in [1.807, 2.05) is 65.3 Å². The van der Waals surface area contributed by atoms with Crippen LogP contribution in [-0.2, 0) is 7.05 Å². The number of aliphatic imine (C=N–C) groups is 1. The molecule has 0 bridgehead atoms. The van der Waals surface area contributed by atoms with Crippen LogP contribution < -0.4 is 4.90 Å². The second-order valence-corrected chi connectivity index (χ2v) is 6.50. The summed E-state index contributed by atoms with van der Waals surface area (Å²) < 4.78 is 1.80. The molecule has 1 aliphatic heterocycles. The largest absolute Gasteiger partial charge is 0.378 e. The first kappa shape index (κ1) is 16.2. The molecule has 8 heteroatoms. The Kier molecular flexibility index (Phi) is 3.68. The van der Waals surface area contributed by atoms with Crippen molar-refractivity contribution in [3.05, 3.63) is 41.9 Å². The van der Waals surface area contributed by atoms with Crippen LogP contribution in [0.4, 0.5) is 11.4 Å². The van der Waals surface area contributed by atoms with Gasteiger partial charge < -0.3 is 4.90 Å². The first-order valence-electron chi connectivity index (χ1n) is 8.33. The van der Waals surface area contributed by atoms with Crippen molar-refractivity contribution < 1.29 is 0 Å². The number of aromatic nitrogens is 5. The molecule has 3 aromatic rings. The third kappa shape index (κ3) is 2.69. The maximum atomic E-state index is 4.73. The summed E-state index contributed by atoms with van der Waals surface area (Å²) in [5.74, 6) is 1.19. The normalized spacial score (nSPS) is 14.7. The molecule has 26 heavy (non-hydrogen) atoms. The molecule has 0 saturated heterocycles. The van der Waals surface area contributed by atoms with Crippen molar-refractivity contribution in [3.8, 4) is 11.5 Å². The van der Waals surface area contributed by atoms with E-state index in [4.69, 9.17) is 4.99 Å². The summed E-state index contributed by atoms with van der Waals surface area (Å²) in [5.41, 5.74) is 5.28. The third-order valence-corrected chi connectivity index (χ3v) is 4.34. The van der Waals surface area contributed by atoms with Crippen molar-refractivity contribution in [1.29, 1.82) is 0 Å². The molecule has 0 fully saturated rings. The van der Waals surface area contributed by atoms with Crippen LogP contribution in [0.2, 0.25) is 0 Å². The van der Waals surface area contributed by atoms with Gasteiger partial charge in [-0.1, -0.05) is 0 Å². The first-order valence-corrected chi connectivity index (χ1v) is 8.33. The number of rotatable bonds is 3. The van der Waals surface area contributed by atoms with Crippen molar-refractivity contribution in [3.63, 3.8) is 0 Å². The predicted molar refractivity (Wildman–Crippen MR) is 102 cm³/mol. The van der Waals surface area contributed by atoms with Crippen molar-refractivity contribution in [2.24, 2.45) is 17.1 Å². The van der Waals surface area contributed by atoms with Gasteiger partial charge in [0.05, 0.1) is 11.4 Å². The van der Waals surface area contributed by atoms with Crippen LogP contribution in [0.15, 0.2) is 40.4 Å². The minimum absolute atomic E-state index is 0.551. The Labute approximate surface area is 151 Å². The van der Waals surface area contributed by atoms with Gasteiger partial charge in [-0.2, -0.15) is 10.2 Å². The number of nitrogens with zero attached hydrogens (tertiary/aromatic N) is 8. The molecule has 3 heterocycles. The fraction of sp³-hybridized carbons (Fsp3) is 0.278. The van der Waals surface area contributed by atoms with E-state index in [0.717, 1.165) is 34.2 Å². The van der Waals surface area contributed by atoms with Crippen LogP contribution in [0.5, 0.6) is 0 Å². The zero-order valence-corrected chi connectivity index (χ0v) is 15.5. The summed E-state index contributed by atoms with van der Waals surface area (Å²) in [7, 11) is 5.92. The lowest BCUT2D eigenvalue weighted by Crippen LogP contribution is -2.09. The molecule has 0 N–H and O–H groups in total. The third-order valence-electron chi connectivity index (χ3n) is 4.34. The Hall–Kier alpha value is -3.29. The molecule has 4 rings (SSSR count). The molecule has 0 spiro atoms. The van der Waals surface area contributed by atoms with E-state index >= 15 is 0 Å². The van der Waals surface area contributed by atoms with Crippen molar-refractivity contribution in [2.45, 2.75) is 13.8 Å². The number of aryl methyl sites for hydroxylation is 2. The second kappa shape index (κ2) is 5.91. The van der Waals surface area contributed by atoms with Crippen LogP contribution >= 0.6 is 0 Å². The van der Waals surface area contributed by atoms with E-state index in [2.05, 4.69) is 25.2 Å². The molecule has 0 unspecified atom stereocenters. The summed E-state index contributed by atoms with van der Waals surface area (Å²) in [6.45, 7) is 3.90. The van der Waals surface area contributed by atoms with E-state index in [1.54, 1.807) is 4.68 Å². The van der Waals surface area contributed by atoms with Gasteiger partial charge >= 0.3 is 0 Å². The summed E-state index contributed by atoms with van der Waals surface area (Å²) >= 11 is 0. The Balaban J connectivity index is 1.71. The quantitative estimate of drug-likeness (QED) is 0.728. The van der Waals surface area contributed by atoms with Gasteiger partial charge in [0.15, 0.2) is 0 Å². The second-order valence-electron chi connectivity index (χ2n) is 6.50. The van der Waals surface area contributed by atoms with E-state index in [1.165, 1.54) is 4.79 Å². The zero-order valence-electron chi connectivity index (χ0n) is 15.5. The maximum absolute atomic E-state index is 4.73. The Morgan fingerprint density at radius 2 is 1.77 bits per heavy atom. The van der Waals surface area contributed by atoms with E-state index < -0.39 is 0 Å². The fourth-order valence-electron chi connectivity index (χ4n) is 2.74. The summed E-state index contributed by atoms with van der Waals surface area (Å²) in [4.78, 5) is 12.9. The molecule has 0 atom stereocenters. The number of benzene rings is 1. The molecule has 0 saturated carbocycles. The lowest BCUT2D eigenvalue weighted by atomic mass is 10.2. The van der Waals surface area contributed by atoms with Crippen molar-refractivity contribution >= 4 is 22.8 Å². The molecule has 0 radical (unpaired) electrons. The average Bonchev–Trinajstić information content (AvgIpc) is 3.24. The molecule has 132 valence electrons. The van der Waals surface area contributed by atoms with Crippen molar-refractivity contribution in [1.82, 2.24) is 24.7 Å². The van der Waals surface area contributed by atoms with Crippen LogP contribution in [0.25, 0.3) is 11.5 Å². The van der Waals surface area contributed by atoms with E-state index in [9.17, 15) is 0 Å². The summed E-state index contributed by atoms with van der Waals surface area (Å²) in [6.07, 6.45) is 0. The molecule has 1 aromatic carbocycles. The minimum atomic E-state index is 0.551. The highest BCUT2D eigenvalue weighted by atomic mass is 15.6. The van der Waals surface area contributed by atoms with Gasteiger partial charge in [-0.3, -0.25) is 4.68 Å². The standard InChI is InChI=1S/C18H20N8/c1-11-10-15(22-25(11)5)17-20-18-16(12(2)21-26(18)23-17)19-13-6-8-14(9-7-13)24(3)4/h6-10H,1-5H3. The topological polar surface area (TPSA) is 76.5 Å². The van der Waals surface area contributed by atoms with Gasteiger partial charge in [-0.05, 0) is 44.2 Å². The highest BCUT2D eigenvalue weighted by Gasteiger charge is 2.25. The van der Waals surface area contributed by atoms with Gasteiger partial charge in [0.2, 0.25) is 11.6 Å². The molecule has 0 aliphatic carbocycles. The molecule has 8 nitrogen and oxygen atoms in total. The SMILES string of the molecule is CC1=Nn2nc(-c3cc(C)n(C)n3)nc2C1=Nc1ccc(N(C)C)cc1. The average molecular weight is 348 g/mol. The Morgan fingerprint density at radius 1 is 1.04 bits per heavy atom. The lowest BCUT2D eigenvalue weighted by molar-refractivity contribution is 0.733. The Bertz CT molecular complexity index is 1010. The maximum Gasteiger partial charge on any atom is 0.204 e. The zero-order chi connectivity index (χ0) is 18.4. The van der Waals surface area contributed by atoms with Gasteiger partial charge in [0.25, 0.3) is 0 Å². The van der Waals surface area contributed by atoms with Crippen LogP contribution in [0, 0.1) is 6.92 Å². The fourth-order valence-corrected chi connectivity index (χ4v) is 2.74. The lowest BCUT2D eigenvalue weighted by Gasteiger charge is -2.11. The molecular formula is C18H20N8. The van der Waals surface area contributed by atoms with Gasteiger partial charge in [-0.25, -0.2) is 9.98 Å². The molecule has 1 aliphatic rings. The number of anilines is 1. The monoisotopic (exact) mass is 348 g/mol. The highest BCUT2D eigenvalue weighted by Crippen LogP contribution is 2.23. The van der Waals surface area contributed by atoms with Crippen LogP contribution in [0.1, 0.15) is 18.4 Å². The molecule has 2 aromatic heterocycles. The predicted octanol–water partition coefficient (Wildman–Crippen LogP) is 2.41. The number of fused-ring (bicyclic) bond motifs is 1. The van der Waals surface area contributed by atoms with Crippen LogP contribution in [-0.4, -0.2) is 50.2 Å². The van der Waals surface area contributed by atoms with Crippen molar-refractivity contribution in [2.75, 3.05) is 19.0 Å². The highest BCUT2D eigenvalue weighted by molar-refractivity contribution is 6.48. The van der Waals surface area contributed by atoms with E-state index in [0.29, 0.717) is 11.6 Å². The Morgan fingerprint density at radius 3 is 2.38 bits per heavy atom. The molecular weight excluding hydrogens is 328 g/mol. The summed E-state index contributed by atoms with van der Waals surface area (Å²) in [5, 5.41) is 13.3. The van der Waals surface area contributed by atoms with Gasteiger partial charge in [0, 0.05) is 32.5 Å². The smallest absolute Gasteiger partial charge is 0.204 e. The van der Waals surface area contributed by atoms with Gasteiger partial charge in [-0.15, -0.1) is 9.89 Å². The summed E-state index contributed by atoms with van der Waals surface area (Å²) in [6, 6.07) is 10.00. The number of hydrogen-bond acceptors (Lipinski definition) is 6. The minimum Gasteiger partial charge on any atom is -0.378 e. The first-order chi connectivity index (χ1) is 12.4. The van der Waals surface area contributed by atoms with E-state index in [-0.39, 0.29) is 0 Å². The molecule has 0 amide bonds. The van der Waals surface area contributed by atoms with Gasteiger partial charge in [0.1, 0.15) is 11.4 Å².